The van der Waals surface area contributed by atoms with Crippen LogP contribution in [0.25, 0.3) is 10.9 Å². The second-order valence-electron chi connectivity index (χ2n) is 3.23. The molecule has 0 saturated heterocycles. The largest absolute Gasteiger partial charge is 0.329 e. The Morgan fingerprint density at radius 2 is 2.29 bits per heavy atom. The Morgan fingerprint density at radius 3 is 2.93 bits per heavy atom. The summed E-state index contributed by atoms with van der Waals surface area (Å²) in [5.74, 6) is 0. The lowest BCUT2D eigenvalue weighted by Crippen LogP contribution is -2.11. The van der Waals surface area contributed by atoms with Gasteiger partial charge in [-0.3, -0.25) is 4.68 Å². The minimum Gasteiger partial charge on any atom is -0.329 e. The maximum absolute atomic E-state index is 5.52. The van der Waals surface area contributed by atoms with E-state index in [4.69, 9.17) is 5.73 Å². The Bertz CT molecular complexity index is 462. The molecule has 0 saturated carbocycles. The highest BCUT2D eigenvalue weighted by Gasteiger charge is 2.08. The molecule has 0 amide bonds. The first kappa shape index (κ1) is 9.68. The van der Waals surface area contributed by atoms with E-state index in [0.717, 1.165) is 22.2 Å². The van der Waals surface area contributed by atoms with Gasteiger partial charge in [-0.05, 0) is 19.1 Å². The molecule has 0 fully saturated rings. The van der Waals surface area contributed by atoms with Crippen LogP contribution in [0.2, 0.25) is 0 Å². The predicted octanol–water partition coefficient (Wildman–Crippen LogP) is 2.07. The fourth-order valence-electron chi connectivity index (χ4n) is 1.63. The minimum absolute atomic E-state index is 0.618. The van der Waals surface area contributed by atoms with Gasteiger partial charge in [0.1, 0.15) is 0 Å². The number of fused-ring (bicyclic) bond motifs is 1. The number of hydrogen-bond donors (Lipinski definition) is 1. The highest BCUT2D eigenvalue weighted by Crippen LogP contribution is 2.26. The first-order valence-corrected chi connectivity index (χ1v) is 5.35. The van der Waals surface area contributed by atoms with Crippen molar-refractivity contribution in [1.29, 1.82) is 0 Å². The van der Waals surface area contributed by atoms with Crippen LogP contribution in [0.15, 0.2) is 22.7 Å². The molecule has 0 bridgehead atoms. The highest BCUT2D eigenvalue weighted by atomic mass is 79.9. The molecule has 0 aliphatic carbocycles. The van der Waals surface area contributed by atoms with E-state index in [9.17, 15) is 0 Å². The molecule has 1 aromatic carbocycles. The lowest BCUT2D eigenvalue weighted by atomic mass is 10.2. The average Bonchev–Trinajstić information content (AvgIpc) is 2.46. The normalized spacial score (nSPS) is 11.1. The summed E-state index contributed by atoms with van der Waals surface area (Å²) < 4.78 is 3.05. The molecule has 1 aromatic heterocycles. The maximum Gasteiger partial charge on any atom is 0.0937 e. The Kier molecular flexibility index (Phi) is 2.56. The minimum atomic E-state index is 0.618. The first-order valence-electron chi connectivity index (χ1n) is 4.55. The van der Waals surface area contributed by atoms with E-state index in [1.54, 1.807) is 0 Å². The van der Waals surface area contributed by atoms with E-state index in [1.165, 1.54) is 5.39 Å². The van der Waals surface area contributed by atoms with Crippen LogP contribution in [0.5, 0.6) is 0 Å². The van der Waals surface area contributed by atoms with Crippen molar-refractivity contribution in [3.63, 3.8) is 0 Å². The number of aromatic nitrogens is 2. The zero-order chi connectivity index (χ0) is 10.1. The number of nitrogens with two attached hydrogens (primary N) is 1. The van der Waals surface area contributed by atoms with Crippen molar-refractivity contribution < 1.29 is 0 Å². The van der Waals surface area contributed by atoms with E-state index >= 15 is 0 Å². The second kappa shape index (κ2) is 3.71. The van der Waals surface area contributed by atoms with Crippen LogP contribution in [0.3, 0.4) is 0 Å². The Morgan fingerprint density at radius 1 is 1.50 bits per heavy atom. The van der Waals surface area contributed by atoms with Crippen LogP contribution in [-0.2, 0) is 6.54 Å². The van der Waals surface area contributed by atoms with Crippen molar-refractivity contribution in [1.82, 2.24) is 9.78 Å². The molecule has 3 nitrogen and oxygen atoms in total. The molecule has 0 aliphatic heterocycles. The Balaban J connectivity index is 2.68. The number of halogens is 1. The van der Waals surface area contributed by atoms with Gasteiger partial charge in [-0.2, -0.15) is 5.10 Å². The number of aryl methyl sites for hydroxylation is 1. The highest BCUT2D eigenvalue weighted by molar-refractivity contribution is 9.10. The standard InChI is InChI=1S/C10H12BrN3/c1-7-10-8(11)3-2-4-9(10)13-14(7)6-5-12/h2-4H,5-6,12H2,1H3. The van der Waals surface area contributed by atoms with E-state index in [0.29, 0.717) is 6.54 Å². The zero-order valence-corrected chi connectivity index (χ0v) is 9.58. The van der Waals surface area contributed by atoms with Gasteiger partial charge in [0.15, 0.2) is 0 Å². The molecule has 0 atom stereocenters. The van der Waals surface area contributed by atoms with E-state index in [1.807, 2.05) is 22.9 Å². The summed E-state index contributed by atoms with van der Waals surface area (Å²) in [7, 11) is 0. The second-order valence-corrected chi connectivity index (χ2v) is 4.09. The summed E-state index contributed by atoms with van der Waals surface area (Å²) in [5.41, 5.74) is 7.70. The fourth-order valence-corrected chi connectivity index (χ4v) is 2.27. The molecule has 0 unspecified atom stereocenters. The first-order chi connectivity index (χ1) is 6.74. The monoisotopic (exact) mass is 253 g/mol. The molecule has 0 aliphatic rings. The SMILES string of the molecule is Cc1c2c(Br)cccc2nn1CCN. The van der Waals surface area contributed by atoms with Gasteiger partial charge in [0.05, 0.1) is 12.1 Å². The van der Waals surface area contributed by atoms with Crippen LogP contribution in [-0.4, -0.2) is 16.3 Å². The van der Waals surface area contributed by atoms with Gasteiger partial charge in [0, 0.05) is 22.1 Å². The van der Waals surface area contributed by atoms with Crippen molar-refractivity contribution in [2.24, 2.45) is 5.73 Å². The predicted molar refractivity (Wildman–Crippen MR) is 61.2 cm³/mol. The quantitative estimate of drug-likeness (QED) is 0.891. The van der Waals surface area contributed by atoms with Crippen LogP contribution >= 0.6 is 15.9 Å². The Hall–Kier alpha value is -0.870. The lowest BCUT2D eigenvalue weighted by Gasteiger charge is -2.00. The third-order valence-electron chi connectivity index (χ3n) is 2.31. The van der Waals surface area contributed by atoms with E-state index in [2.05, 4.69) is 28.0 Å². The van der Waals surface area contributed by atoms with Gasteiger partial charge in [-0.1, -0.05) is 22.0 Å². The van der Waals surface area contributed by atoms with Crippen molar-refractivity contribution in [3.8, 4) is 0 Å². The smallest absolute Gasteiger partial charge is 0.0937 e. The molecule has 2 N–H and O–H groups in total. The Labute approximate surface area is 91.0 Å². The van der Waals surface area contributed by atoms with E-state index in [-0.39, 0.29) is 0 Å². The summed E-state index contributed by atoms with van der Waals surface area (Å²) >= 11 is 3.53. The van der Waals surface area contributed by atoms with Gasteiger partial charge in [-0.25, -0.2) is 0 Å². The van der Waals surface area contributed by atoms with Gasteiger partial charge in [0.25, 0.3) is 0 Å². The molecule has 74 valence electrons. The number of benzene rings is 1. The van der Waals surface area contributed by atoms with Gasteiger partial charge < -0.3 is 5.73 Å². The molecule has 2 rings (SSSR count). The van der Waals surface area contributed by atoms with Crippen LogP contribution < -0.4 is 5.73 Å². The van der Waals surface area contributed by atoms with Crippen molar-refractivity contribution in [2.75, 3.05) is 6.54 Å². The van der Waals surface area contributed by atoms with Gasteiger partial charge in [-0.15, -0.1) is 0 Å². The van der Waals surface area contributed by atoms with Crippen LogP contribution in [0.1, 0.15) is 5.69 Å². The summed E-state index contributed by atoms with van der Waals surface area (Å²) in [6.45, 7) is 3.45. The molecular formula is C10H12BrN3. The number of nitrogens with zero attached hydrogens (tertiary/aromatic N) is 2. The van der Waals surface area contributed by atoms with Crippen LogP contribution in [0.4, 0.5) is 0 Å². The number of hydrogen-bond acceptors (Lipinski definition) is 2. The summed E-state index contributed by atoms with van der Waals surface area (Å²) in [4.78, 5) is 0. The molecule has 2 aromatic rings. The average molecular weight is 254 g/mol. The molecule has 0 radical (unpaired) electrons. The van der Waals surface area contributed by atoms with Crippen molar-refractivity contribution in [3.05, 3.63) is 28.4 Å². The maximum atomic E-state index is 5.52. The zero-order valence-electron chi connectivity index (χ0n) is 8.00. The van der Waals surface area contributed by atoms with E-state index < -0.39 is 0 Å². The molecule has 0 spiro atoms. The van der Waals surface area contributed by atoms with Crippen LogP contribution in [0, 0.1) is 6.92 Å². The molecule has 1 heterocycles. The molecule has 4 heteroatoms. The van der Waals surface area contributed by atoms with Crippen molar-refractivity contribution in [2.45, 2.75) is 13.5 Å². The lowest BCUT2D eigenvalue weighted by molar-refractivity contribution is 0.614. The summed E-state index contributed by atoms with van der Waals surface area (Å²) in [5, 5.41) is 5.65. The summed E-state index contributed by atoms with van der Waals surface area (Å²) in [6.07, 6.45) is 0. The topological polar surface area (TPSA) is 43.8 Å². The third-order valence-corrected chi connectivity index (χ3v) is 2.97. The molecule has 14 heavy (non-hydrogen) atoms. The number of rotatable bonds is 2. The van der Waals surface area contributed by atoms with Gasteiger partial charge in [0.2, 0.25) is 0 Å². The van der Waals surface area contributed by atoms with Crippen molar-refractivity contribution >= 4 is 26.8 Å². The van der Waals surface area contributed by atoms with Gasteiger partial charge >= 0.3 is 0 Å². The fraction of sp³-hybridized carbons (Fsp3) is 0.300. The summed E-state index contributed by atoms with van der Waals surface area (Å²) in [6, 6.07) is 6.04. The molecular weight excluding hydrogens is 242 g/mol. The third kappa shape index (κ3) is 1.44.